The van der Waals surface area contributed by atoms with Crippen molar-refractivity contribution in [3.8, 4) is 6.07 Å². The number of carboxylic acid groups (broad SMARTS) is 1. The number of aromatic carboxylic acids is 1. The average molecular weight is 371 g/mol. The summed E-state index contributed by atoms with van der Waals surface area (Å²) in [5.41, 5.74) is 0.438. The van der Waals surface area contributed by atoms with Crippen molar-refractivity contribution in [2.75, 3.05) is 25.0 Å². The number of anilines is 1. The Labute approximate surface area is 157 Å². The molecular weight excluding hydrogens is 350 g/mol. The third-order valence-electron chi connectivity index (χ3n) is 4.22. The van der Waals surface area contributed by atoms with Gasteiger partial charge in [-0.25, -0.2) is 4.79 Å². The molecule has 0 aromatic heterocycles. The predicted molar refractivity (Wildman–Crippen MR) is 96.7 cm³/mol. The number of carboxylic acids is 1. The quantitative estimate of drug-likeness (QED) is 0.446. The van der Waals surface area contributed by atoms with Crippen molar-refractivity contribution in [1.82, 2.24) is 4.90 Å². The zero-order valence-electron chi connectivity index (χ0n) is 15.0. The lowest BCUT2D eigenvalue weighted by Gasteiger charge is -2.30. The van der Waals surface area contributed by atoms with Crippen LogP contribution in [0.25, 0.3) is 0 Å². The molecule has 8 heteroatoms. The van der Waals surface area contributed by atoms with Crippen LogP contribution in [0.15, 0.2) is 36.0 Å². The molecule has 1 saturated heterocycles. The number of ether oxygens (including phenoxy) is 1. The standard InChI is InChI=1S/C19H21N3O5/c1-2-27-19(26)14-7-9-22(10-8-14)12-15(11-20)17(23)21-16-5-3-13(4-6-16)18(24)25/h3-6,12,14H,2,7-10H2,1H3,(H,21,23)(H,24,25)/b15-12-. The highest BCUT2D eigenvalue weighted by Crippen LogP contribution is 2.20. The second kappa shape index (κ2) is 9.38. The molecule has 0 atom stereocenters. The summed E-state index contributed by atoms with van der Waals surface area (Å²) in [7, 11) is 0. The third-order valence-corrected chi connectivity index (χ3v) is 4.22. The van der Waals surface area contributed by atoms with Crippen LogP contribution < -0.4 is 5.32 Å². The maximum atomic E-state index is 12.3. The van der Waals surface area contributed by atoms with Crippen molar-refractivity contribution in [3.63, 3.8) is 0 Å². The number of carbonyl (C=O) groups is 3. The number of hydrogen-bond donors (Lipinski definition) is 2. The fourth-order valence-corrected chi connectivity index (χ4v) is 2.74. The van der Waals surface area contributed by atoms with Crippen LogP contribution in [0.5, 0.6) is 0 Å². The number of nitrogens with zero attached hydrogens (tertiary/aromatic N) is 2. The van der Waals surface area contributed by atoms with Crippen LogP contribution in [-0.2, 0) is 14.3 Å². The summed E-state index contributed by atoms with van der Waals surface area (Å²) >= 11 is 0. The first-order valence-corrected chi connectivity index (χ1v) is 8.62. The van der Waals surface area contributed by atoms with E-state index in [-0.39, 0.29) is 23.0 Å². The van der Waals surface area contributed by atoms with Gasteiger partial charge in [-0.15, -0.1) is 0 Å². The maximum Gasteiger partial charge on any atom is 0.335 e. The van der Waals surface area contributed by atoms with Gasteiger partial charge in [-0.3, -0.25) is 9.59 Å². The van der Waals surface area contributed by atoms with Crippen molar-refractivity contribution in [2.24, 2.45) is 5.92 Å². The van der Waals surface area contributed by atoms with Crippen LogP contribution in [0.2, 0.25) is 0 Å². The molecule has 8 nitrogen and oxygen atoms in total. The predicted octanol–water partition coefficient (Wildman–Crippen LogP) is 2.01. The van der Waals surface area contributed by atoms with Gasteiger partial charge < -0.3 is 20.1 Å². The number of hydrogen-bond acceptors (Lipinski definition) is 6. The molecule has 1 heterocycles. The Morgan fingerprint density at radius 1 is 1.30 bits per heavy atom. The van der Waals surface area contributed by atoms with Crippen molar-refractivity contribution < 1.29 is 24.2 Å². The van der Waals surface area contributed by atoms with Gasteiger partial charge in [-0.05, 0) is 44.0 Å². The van der Waals surface area contributed by atoms with E-state index in [4.69, 9.17) is 9.84 Å². The summed E-state index contributed by atoms with van der Waals surface area (Å²) in [5, 5.41) is 20.7. The second-order valence-electron chi connectivity index (χ2n) is 6.05. The minimum absolute atomic E-state index is 0.0631. The molecule has 0 bridgehead atoms. The fraction of sp³-hybridized carbons (Fsp3) is 0.368. The van der Waals surface area contributed by atoms with Gasteiger partial charge in [0.1, 0.15) is 11.6 Å². The average Bonchev–Trinajstić information content (AvgIpc) is 2.67. The highest BCUT2D eigenvalue weighted by molar-refractivity contribution is 6.06. The number of nitriles is 1. The van der Waals surface area contributed by atoms with Crippen molar-refractivity contribution in [2.45, 2.75) is 19.8 Å². The molecule has 1 aromatic carbocycles. The molecule has 1 amide bonds. The molecule has 1 aliphatic rings. The zero-order chi connectivity index (χ0) is 19.8. The number of benzene rings is 1. The van der Waals surface area contributed by atoms with E-state index < -0.39 is 11.9 Å². The Morgan fingerprint density at radius 2 is 1.93 bits per heavy atom. The van der Waals surface area contributed by atoms with Gasteiger partial charge in [0.05, 0.1) is 18.1 Å². The number of rotatable bonds is 6. The lowest BCUT2D eigenvalue weighted by Crippen LogP contribution is -2.34. The van der Waals surface area contributed by atoms with Crippen LogP contribution in [0, 0.1) is 17.2 Å². The zero-order valence-corrected chi connectivity index (χ0v) is 15.0. The molecule has 1 fully saturated rings. The molecule has 142 valence electrons. The van der Waals surface area contributed by atoms with Gasteiger partial charge >= 0.3 is 11.9 Å². The van der Waals surface area contributed by atoms with Crippen LogP contribution >= 0.6 is 0 Å². The molecule has 0 spiro atoms. The van der Waals surface area contributed by atoms with Gasteiger partial charge in [-0.1, -0.05) is 0 Å². The van der Waals surface area contributed by atoms with Crippen LogP contribution in [0.3, 0.4) is 0 Å². The molecular formula is C19H21N3O5. The highest BCUT2D eigenvalue weighted by atomic mass is 16.5. The number of likely N-dealkylation sites (tertiary alicyclic amines) is 1. The lowest BCUT2D eigenvalue weighted by atomic mass is 9.97. The molecule has 27 heavy (non-hydrogen) atoms. The van der Waals surface area contributed by atoms with Crippen molar-refractivity contribution >= 4 is 23.5 Å². The summed E-state index contributed by atoms with van der Waals surface area (Å²) in [5.74, 6) is -1.99. The van der Waals surface area contributed by atoms with E-state index in [2.05, 4.69) is 5.32 Å². The van der Waals surface area contributed by atoms with E-state index in [1.807, 2.05) is 11.0 Å². The van der Waals surface area contributed by atoms with Gasteiger partial charge in [0.25, 0.3) is 5.91 Å². The number of amides is 1. The van der Waals surface area contributed by atoms with E-state index in [1.165, 1.54) is 30.5 Å². The minimum Gasteiger partial charge on any atom is -0.478 e. The van der Waals surface area contributed by atoms with E-state index in [9.17, 15) is 19.6 Å². The molecule has 2 N–H and O–H groups in total. The summed E-state index contributed by atoms with van der Waals surface area (Å²) in [6, 6.07) is 7.53. The van der Waals surface area contributed by atoms with Crippen LogP contribution in [0.4, 0.5) is 5.69 Å². The molecule has 0 unspecified atom stereocenters. The summed E-state index contributed by atoms with van der Waals surface area (Å²) in [6.45, 7) is 3.22. The van der Waals surface area contributed by atoms with E-state index in [0.717, 1.165) is 0 Å². The van der Waals surface area contributed by atoms with Crippen molar-refractivity contribution in [1.29, 1.82) is 5.26 Å². The molecule has 2 rings (SSSR count). The van der Waals surface area contributed by atoms with Gasteiger partial charge in [0.15, 0.2) is 0 Å². The van der Waals surface area contributed by atoms with Gasteiger partial charge in [0, 0.05) is 25.0 Å². The maximum absolute atomic E-state index is 12.3. The first-order valence-electron chi connectivity index (χ1n) is 8.62. The van der Waals surface area contributed by atoms with E-state index in [0.29, 0.717) is 38.2 Å². The lowest BCUT2D eigenvalue weighted by molar-refractivity contribution is -0.149. The van der Waals surface area contributed by atoms with E-state index >= 15 is 0 Å². The smallest absolute Gasteiger partial charge is 0.335 e. The number of nitrogens with one attached hydrogen (secondary N) is 1. The Balaban J connectivity index is 1.95. The number of esters is 1. The fourth-order valence-electron chi connectivity index (χ4n) is 2.74. The first-order chi connectivity index (χ1) is 12.9. The second-order valence-corrected chi connectivity index (χ2v) is 6.05. The van der Waals surface area contributed by atoms with E-state index in [1.54, 1.807) is 6.92 Å². The first kappa shape index (κ1) is 20.0. The van der Waals surface area contributed by atoms with Crippen molar-refractivity contribution in [3.05, 3.63) is 41.6 Å². The number of carbonyl (C=O) groups excluding carboxylic acids is 2. The minimum atomic E-state index is -1.06. The van der Waals surface area contributed by atoms with Crippen LogP contribution in [-0.4, -0.2) is 47.5 Å². The Bertz CT molecular complexity index is 772. The summed E-state index contributed by atoms with van der Waals surface area (Å²) in [4.78, 5) is 36.7. The highest BCUT2D eigenvalue weighted by Gasteiger charge is 2.25. The largest absolute Gasteiger partial charge is 0.478 e. The molecule has 0 radical (unpaired) electrons. The molecule has 0 aliphatic carbocycles. The van der Waals surface area contributed by atoms with Crippen LogP contribution in [0.1, 0.15) is 30.1 Å². The Kier molecular flexibility index (Phi) is 6.94. The normalized spacial score (nSPS) is 15.0. The number of piperidine rings is 1. The Hall–Kier alpha value is -3.34. The van der Waals surface area contributed by atoms with Gasteiger partial charge in [-0.2, -0.15) is 5.26 Å². The Morgan fingerprint density at radius 3 is 2.44 bits per heavy atom. The summed E-state index contributed by atoms with van der Waals surface area (Å²) in [6.07, 6.45) is 2.70. The molecule has 1 aromatic rings. The SMILES string of the molecule is CCOC(=O)C1CCN(/C=C(/C#N)C(=O)Nc2ccc(C(=O)O)cc2)CC1. The third kappa shape index (κ3) is 5.57. The van der Waals surface area contributed by atoms with Gasteiger partial charge in [0.2, 0.25) is 0 Å². The molecule has 1 aliphatic heterocycles. The summed E-state index contributed by atoms with van der Waals surface area (Å²) < 4.78 is 5.02. The molecule has 0 saturated carbocycles. The topological polar surface area (TPSA) is 120 Å². The monoisotopic (exact) mass is 371 g/mol.